The summed E-state index contributed by atoms with van der Waals surface area (Å²) >= 11 is 0. The summed E-state index contributed by atoms with van der Waals surface area (Å²) in [5, 5.41) is 0. The van der Waals surface area contributed by atoms with Crippen LogP contribution in [0.15, 0.2) is 30.3 Å². The number of hydrogen-bond acceptors (Lipinski definition) is 1. The lowest BCUT2D eigenvalue weighted by molar-refractivity contribution is 0.466. The second kappa shape index (κ2) is 5.86. The van der Waals surface area contributed by atoms with Crippen LogP contribution < -0.4 is 5.73 Å². The average Bonchev–Trinajstić information content (AvgIpc) is 2.29. The molecule has 0 radical (unpaired) electrons. The van der Waals surface area contributed by atoms with Crippen LogP contribution in [0.1, 0.15) is 44.2 Å². The van der Waals surface area contributed by atoms with E-state index in [-0.39, 0.29) is 5.54 Å². The molecule has 88 valence electrons. The van der Waals surface area contributed by atoms with Crippen molar-refractivity contribution < 1.29 is 0 Å². The van der Waals surface area contributed by atoms with Gasteiger partial charge in [-0.15, -0.1) is 0 Å². The first-order valence-corrected chi connectivity index (χ1v) is 6.14. The van der Waals surface area contributed by atoms with Gasteiger partial charge in [-0.25, -0.2) is 0 Å². The van der Waals surface area contributed by atoms with E-state index in [1.807, 2.05) is 0 Å². The quantitative estimate of drug-likeness (QED) is 0.795. The van der Waals surface area contributed by atoms with E-state index in [1.165, 1.54) is 11.1 Å². The summed E-state index contributed by atoms with van der Waals surface area (Å²) in [6, 6.07) is 8.52. The van der Waals surface area contributed by atoms with E-state index in [0.717, 1.165) is 19.3 Å². The SMILES string of the molecule is CCCC(N)(/C=C/c1ccc(C)cc1)CC. The zero-order valence-electron chi connectivity index (χ0n) is 10.7. The molecule has 1 atom stereocenters. The average molecular weight is 217 g/mol. The molecule has 0 heterocycles. The fourth-order valence-corrected chi connectivity index (χ4v) is 1.78. The molecule has 1 heteroatoms. The molecule has 0 bridgehead atoms. The maximum Gasteiger partial charge on any atom is 0.0339 e. The van der Waals surface area contributed by atoms with Crippen LogP contribution in [0, 0.1) is 6.92 Å². The summed E-state index contributed by atoms with van der Waals surface area (Å²) in [6.07, 6.45) is 7.46. The van der Waals surface area contributed by atoms with Crippen LogP contribution in [0.25, 0.3) is 6.08 Å². The van der Waals surface area contributed by atoms with Crippen LogP contribution in [0.4, 0.5) is 0 Å². The molecule has 0 spiro atoms. The molecule has 1 nitrogen and oxygen atoms in total. The van der Waals surface area contributed by atoms with Gasteiger partial charge in [-0.3, -0.25) is 0 Å². The summed E-state index contributed by atoms with van der Waals surface area (Å²) in [5.41, 5.74) is 8.68. The van der Waals surface area contributed by atoms with E-state index in [9.17, 15) is 0 Å². The van der Waals surface area contributed by atoms with E-state index >= 15 is 0 Å². The van der Waals surface area contributed by atoms with Crippen LogP contribution in [-0.4, -0.2) is 5.54 Å². The van der Waals surface area contributed by atoms with Crippen LogP contribution in [0.5, 0.6) is 0 Å². The first kappa shape index (κ1) is 13.0. The zero-order chi connectivity index (χ0) is 12.0. The van der Waals surface area contributed by atoms with Gasteiger partial charge in [-0.1, -0.05) is 62.2 Å². The molecule has 1 aromatic carbocycles. The van der Waals surface area contributed by atoms with Crippen molar-refractivity contribution in [1.82, 2.24) is 0 Å². The van der Waals surface area contributed by atoms with Crippen LogP contribution in [0.2, 0.25) is 0 Å². The Morgan fingerprint density at radius 2 is 1.81 bits per heavy atom. The molecule has 1 unspecified atom stereocenters. The molecule has 0 aromatic heterocycles. The predicted molar refractivity (Wildman–Crippen MR) is 72.3 cm³/mol. The molecule has 0 saturated carbocycles. The van der Waals surface area contributed by atoms with Crippen LogP contribution in [-0.2, 0) is 0 Å². The Balaban J connectivity index is 2.74. The normalized spacial score (nSPS) is 15.2. The first-order chi connectivity index (χ1) is 7.59. The predicted octanol–water partition coefficient (Wildman–Crippen LogP) is 3.92. The highest BCUT2D eigenvalue weighted by molar-refractivity contribution is 5.51. The lowest BCUT2D eigenvalue weighted by Gasteiger charge is -2.23. The highest BCUT2D eigenvalue weighted by atomic mass is 14.7. The van der Waals surface area contributed by atoms with Crippen molar-refractivity contribution in [3.63, 3.8) is 0 Å². The molecule has 2 N–H and O–H groups in total. The van der Waals surface area contributed by atoms with Crippen molar-refractivity contribution in [1.29, 1.82) is 0 Å². The third-order valence-corrected chi connectivity index (χ3v) is 3.06. The van der Waals surface area contributed by atoms with Gasteiger partial charge in [0.1, 0.15) is 0 Å². The summed E-state index contributed by atoms with van der Waals surface area (Å²) in [5.74, 6) is 0. The van der Waals surface area contributed by atoms with E-state index in [0.29, 0.717) is 0 Å². The van der Waals surface area contributed by atoms with Crippen molar-refractivity contribution in [2.24, 2.45) is 5.73 Å². The van der Waals surface area contributed by atoms with Gasteiger partial charge in [0.15, 0.2) is 0 Å². The monoisotopic (exact) mass is 217 g/mol. The Labute approximate surface area is 99.4 Å². The Morgan fingerprint density at radius 3 is 2.31 bits per heavy atom. The van der Waals surface area contributed by atoms with Gasteiger partial charge >= 0.3 is 0 Å². The molecule has 0 saturated heterocycles. The molecular weight excluding hydrogens is 194 g/mol. The minimum absolute atomic E-state index is 0.139. The van der Waals surface area contributed by atoms with Gasteiger partial charge in [-0.05, 0) is 25.3 Å². The zero-order valence-corrected chi connectivity index (χ0v) is 10.7. The fraction of sp³-hybridized carbons (Fsp3) is 0.467. The number of rotatable bonds is 5. The van der Waals surface area contributed by atoms with Gasteiger partial charge < -0.3 is 5.73 Å². The van der Waals surface area contributed by atoms with E-state index in [4.69, 9.17) is 5.73 Å². The summed E-state index contributed by atoms with van der Waals surface area (Å²) < 4.78 is 0. The Kier molecular flexibility index (Phi) is 4.75. The van der Waals surface area contributed by atoms with Crippen LogP contribution in [0.3, 0.4) is 0 Å². The second-order valence-corrected chi connectivity index (χ2v) is 4.58. The molecule has 16 heavy (non-hydrogen) atoms. The van der Waals surface area contributed by atoms with Crippen molar-refractivity contribution >= 4 is 6.08 Å². The van der Waals surface area contributed by atoms with Gasteiger partial charge in [-0.2, -0.15) is 0 Å². The minimum Gasteiger partial charge on any atom is -0.322 e. The minimum atomic E-state index is -0.139. The second-order valence-electron chi connectivity index (χ2n) is 4.58. The molecule has 0 amide bonds. The standard InChI is InChI=1S/C15H23N/c1-4-11-15(16,5-2)12-10-14-8-6-13(3)7-9-14/h6-10,12H,4-5,11,16H2,1-3H3/b12-10+. The summed E-state index contributed by atoms with van der Waals surface area (Å²) in [4.78, 5) is 0. The molecule has 1 rings (SSSR count). The van der Waals surface area contributed by atoms with Gasteiger partial charge in [0.2, 0.25) is 0 Å². The molecule has 0 aliphatic heterocycles. The smallest absolute Gasteiger partial charge is 0.0339 e. The van der Waals surface area contributed by atoms with E-state index < -0.39 is 0 Å². The Hall–Kier alpha value is -1.08. The number of nitrogens with two attached hydrogens (primary N) is 1. The maximum atomic E-state index is 6.30. The van der Waals surface area contributed by atoms with Gasteiger partial charge in [0, 0.05) is 5.54 Å². The number of benzene rings is 1. The highest BCUT2D eigenvalue weighted by Gasteiger charge is 2.16. The summed E-state index contributed by atoms with van der Waals surface area (Å²) in [6.45, 7) is 6.43. The largest absolute Gasteiger partial charge is 0.322 e. The lowest BCUT2D eigenvalue weighted by atomic mass is 9.91. The van der Waals surface area contributed by atoms with E-state index in [1.54, 1.807) is 0 Å². The Bertz CT molecular complexity index is 337. The molecular formula is C15H23N. The first-order valence-electron chi connectivity index (χ1n) is 6.14. The van der Waals surface area contributed by atoms with Gasteiger partial charge in [0.05, 0.1) is 0 Å². The Morgan fingerprint density at radius 1 is 1.19 bits per heavy atom. The van der Waals surface area contributed by atoms with Crippen molar-refractivity contribution in [3.05, 3.63) is 41.5 Å². The third-order valence-electron chi connectivity index (χ3n) is 3.06. The van der Waals surface area contributed by atoms with Gasteiger partial charge in [0.25, 0.3) is 0 Å². The maximum absolute atomic E-state index is 6.30. The number of hydrogen-bond donors (Lipinski definition) is 1. The lowest BCUT2D eigenvalue weighted by Crippen LogP contribution is -2.36. The van der Waals surface area contributed by atoms with E-state index in [2.05, 4.69) is 57.2 Å². The molecule has 0 aliphatic carbocycles. The fourth-order valence-electron chi connectivity index (χ4n) is 1.78. The highest BCUT2D eigenvalue weighted by Crippen LogP contribution is 2.17. The number of aryl methyl sites for hydroxylation is 1. The molecule has 0 aliphatic rings. The topological polar surface area (TPSA) is 26.0 Å². The van der Waals surface area contributed by atoms with Crippen molar-refractivity contribution in [2.45, 2.75) is 45.6 Å². The van der Waals surface area contributed by atoms with Crippen molar-refractivity contribution in [2.75, 3.05) is 0 Å². The molecule has 1 aromatic rings. The van der Waals surface area contributed by atoms with Crippen molar-refractivity contribution in [3.8, 4) is 0 Å². The molecule has 0 fully saturated rings. The summed E-state index contributed by atoms with van der Waals surface area (Å²) in [7, 11) is 0. The third kappa shape index (κ3) is 3.82. The van der Waals surface area contributed by atoms with Crippen LogP contribution >= 0.6 is 0 Å².